The zero-order valence-corrected chi connectivity index (χ0v) is 10.6. The van der Waals surface area contributed by atoms with Gasteiger partial charge in [0.25, 0.3) is 0 Å². The SMILES string of the molecule is CNC(C)c1cccc(SCC(=O)OC)c1. The summed E-state index contributed by atoms with van der Waals surface area (Å²) >= 11 is 1.49. The van der Waals surface area contributed by atoms with E-state index < -0.39 is 0 Å². The summed E-state index contributed by atoms with van der Waals surface area (Å²) in [5.41, 5.74) is 1.22. The second-order valence-electron chi connectivity index (χ2n) is 3.45. The van der Waals surface area contributed by atoms with Gasteiger partial charge >= 0.3 is 5.97 Å². The summed E-state index contributed by atoms with van der Waals surface area (Å²) < 4.78 is 4.60. The Hall–Kier alpha value is -1.00. The van der Waals surface area contributed by atoms with E-state index in [4.69, 9.17) is 0 Å². The Morgan fingerprint density at radius 3 is 2.94 bits per heavy atom. The highest BCUT2D eigenvalue weighted by Gasteiger charge is 2.05. The van der Waals surface area contributed by atoms with E-state index in [1.807, 2.05) is 19.2 Å². The lowest BCUT2D eigenvalue weighted by molar-refractivity contribution is -0.137. The van der Waals surface area contributed by atoms with Crippen LogP contribution < -0.4 is 5.32 Å². The molecule has 0 bridgehead atoms. The van der Waals surface area contributed by atoms with Crippen LogP contribution in [0.1, 0.15) is 18.5 Å². The van der Waals surface area contributed by atoms with Crippen LogP contribution in [0.15, 0.2) is 29.2 Å². The van der Waals surface area contributed by atoms with Crippen molar-refractivity contribution < 1.29 is 9.53 Å². The molecule has 0 aromatic heterocycles. The molecule has 0 aliphatic carbocycles. The number of hydrogen-bond donors (Lipinski definition) is 1. The molecule has 0 saturated heterocycles. The summed E-state index contributed by atoms with van der Waals surface area (Å²) in [6, 6.07) is 8.49. The van der Waals surface area contributed by atoms with Crippen LogP contribution in [0.25, 0.3) is 0 Å². The molecule has 0 aliphatic rings. The molecule has 0 fully saturated rings. The molecule has 4 heteroatoms. The first-order valence-electron chi connectivity index (χ1n) is 5.14. The standard InChI is InChI=1S/C12H17NO2S/c1-9(13-2)10-5-4-6-11(7-10)16-8-12(14)15-3/h4-7,9,13H,8H2,1-3H3. The maximum Gasteiger partial charge on any atom is 0.315 e. The molecule has 1 unspecified atom stereocenters. The molecule has 88 valence electrons. The maximum atomic E-state index is 11.0. The van der Waals surface area contributed by atoms with E-state index in [0.29, 0.717) is 11.8 Å². The number of rotatable bonds is 5. The van der Waals surface area contributed by atoms with Gasteiger partial charge in [-0.25, -0.2) is 0 Å². The van der Waals surface area contributed by atoms with Gasteiger partial charge in [-0.05, 0) is 31.7 Å². The van der Waals surface area contributed by atoms with Crippen molar-refractivity contribution in [1.29, 1.82) is 0 Å². The van der Waals surface area contributed by atoms with Crippen molar-refractivity contribution in [1.82, 2.24) is 5.32 Å². The van der Waals surface area contributed by atoms with E-state index in [0.717, 1.165) is 4.90 Å². The van der Waals surface area contributed by atoms with Gasteiger partial charge in [0, 0.05) is 10.9 Å². The summed E-state index contributed by atoms with van der Waals surface area (Å²) in [5, 5.41) is 3.18. The second kappa shape index (κ2) is 6.55. The number of esters is 1. The van der Waals surface area contributed by atoms with E-state index in [9.17, 15) is 4.79 Å². The minimum Gasteiger partial charge on any atom is -0.468 e. The zero-order chi connectivity index (χ0) is 12.0. The summed E-state index contributed by atoms with van der Waals surface area (Å²) in [6.07, 6.45) is 0. The molecule has 1 rings (SSSR count). The number of carbonyl (C=O) groups is 1. The zero-order valence-electron chi connectivity index (χ0n) is 9.82. The Balaban J connectivity index is 2.64. The summed E-state index contributed by atoms with van der Waals surface area (Å²) in [4.78, 5) is 12.1. The van der Waals surface area contributed by atoms with Gasteiger partial charge in [0.05, 0.1) is 12.9 Å². The van der Waals surface area contributed by atoms with Gasteiger partial charge in [0.15, 0.2) is 0 Å². The summed E-state index contributed by atoms with van der Waals surface area (Å²) in [7, 11) is 3.33. The van der Waals surface area contributed by atoms with Crippen molar-refractivity contribution in [2.24, 2.45) is 0 Å². The smallest absolute Gasteiger partial charge is 0.315 e. The number of carbonyl (C=O) groups excluding carboxylic acids is 1. The maximum absolute atomic E-state index is 11.0. The largest absolute Gasteiger partial charge is 0.468 e. The molecule has 16 heavy (non-hydrogen) atoms. The van der Waals surface area contributed by atoms with Gasteiger partial charge in [-0.15, -0.1) is 11.8 Å². The van der Waals surface area contributed by atoms with Crippen LogP contribution in [-0.2, 0) is 9.53 Å². The molecule has 0 spiro atoms. The van der Waals surface area contributed by atoms with Crippen molar-refractivity contribution in [3.63, 3.8) is 0 Å². The summed E-state index contributed by atoms with van der Waals surface area (Å²) in [5.74, 6) is 0.158. The van der Waals surface area contributed by atoms with Gasteiger partial charge in [-0.3, -0.25) is 4.79 Å². The van der Waals surface area contributed by atoms with Crippen LogP contribution in [0.4, 0.5) is 0 Å². The minimum absolute atomic E-state index is 0.197. The van der Waals surface area contributed by atoms with Crippen LogP contribution >= 0.6 is 11.8 Å². The molecule has 0 saturated carbocycles. The molecule has 3 nitrogen and oxygen atoms in total. The average Bonchev–Trinajstić information content (AvgIpc) is 2.35. The molecular weight excluding hydrogens is 222 g/mol. The third-order valence-corrected chi connectivity index (χ3v) is 3.34. The van der Waals surface area contributed by atoms with Gasteiger partial charge < -0.3 is 10.1 Å². The molecule has 0 heterocycles. The summed E-state index contributed by atoms with van der Waals surface area (Å²) in [6.45, 7) is 2.10. The molecule has 0 aliphatic heterocycles. The van der Waals surface area contributed by atoms with Crippen molar-refractivity contribution in [3.8, 4) is 0 Å². The Kier molecular flexibility index (Phi) is 5.35. The molecule has 1 atom stereocenters. The van der Waals surface area contributed by atoms with Crippen LogP contribution in [0.2, 0.25) is 0 Å². The molecular formula is C12H17NO2S. The van der Waals surface area contributed by atoms with Crippen LogP contribution in [0.5, 0.6) is 0 Å². The Labute approximate surface area is 101 Å². The topological polar surface area (TPSA) is 38.3 Å². The first-order valence-corrected chi connectivity index (χ1v) is 6.12. The normalized spacial score (nSPS) is 12.2. The fourth-order valence-corrected chi connectivity index (χ4v) is 2.04. The predicted octanol–water partition coefficient (Wildman–Crippen LogP) is 2.23. The van der Waals surface area contributed by atoms with Crippen molar-refractivity contribution in [3.05, 3.63) is 29.8 Å². The Morgan fingerprint density at radius 1 is 1.56 bits per heavy atom. The third kappa shape index (κ3) is 3.87. The van der Waals surface area contributed by atoms with Gasteiger partial charge in [0.1, 0.15) is 0 Å². The van der Waals surface area contributed by atoms with E-state index in [-0.39, 0.29) is 5.97 Å². The highest BCUT2D eigenvalue weighted by Crippen LogP contribution is 2.22. The first kappa shape index (κ1) is 13.1. The number of ether oxygens (including phenoxy) is 1. The Morgan fingerprint density at radius 2 is 2.31 bits per heavy atom. The van der Waals surface area contributed by atoms with E-state index in [1.54, 1.807) is 0 Å². The second-order valence-corrected chi connectivity index (χ2v) is 4.50. The number of hydrogen-bond acceptors (Lipinski definition) is 4. The highest BCUT2D eigenvalue weighted by atomic mass is 32.2. The van der Waals surface area contributed by atoms with Crippen LogP contribution in [0, 0.1) is 0 Å². The number of nitrogens with one attached hydrogen (secondary N) is 1. The first-order chi connectivity index (χ1) is 7.67. The van der Waals surface area contributed by atoms with Crippen molar-refractivity contribution >= 4 is 17.7 Å². The lowest BCUT2D eigenvalue weighted by atomic mass is 10.1. The van der Waals surface area contributed by atoms with Crippen molar-refractivity contribution in [2.45, 2.75) is 17.9 Å². The fourth-order valence-electron chi connectivity index (χ4n) is 1.24. The van der Waals surface area contributed by atoms with E-state index >= 15 is 0 Å². The predicted molar refractivity (Wildman–Crippen MR) is 66.7 cm³/mol. The molecule has 1 aromatic rings. The fraction of sp³-hybridized carbons (Fsp3) is 0.417. The number of thioether (sulfide) groups is 1. The van der Waals surface area contributed by atoms with Gasteiger partial charge in [-0.2, -0.15) is 0 Å². The molecule has 0 amide bonds. The van der Waals surface area contributed by atoms with E-state index in [2.05, 4.69) is 29.1 Å². The lowest BCUT2D eigenvalue weighted by Crippen LogP contribution is -2.12. The third-order valence-electron chi connectivity index (χ3n) is 2.38. The van der Waals surface area contributed by atoms with Crippen molar-refractivity contribution in [2.75, 3.05) is 19.9 Å². The molecule has 1 aromatic carbocycles. The van der Waals surface area contributed by atoms with Crippen LogP contribution in [0.3, 0.4) is 0 Å². The van der Waals surface area contributed by atoms with E-state index in [1.165, 1.54) is 24.4 Å². The van der Waals surface area contributed by atoms with Gasteiger partial charge in [-0.1, -0.05) is 12.1 Å². The average molecular weight is 239 g/mol. The van der Waals surface area contributed by atoms with Gasteiger partial charge in [0.2, 0.25) is 0 Å². The quantitative estimate of drug-likeness (QED) is 0.631. The minimum atomic E-state index is -0.197. The highest BCUT2D eigenvalue weighted by molar-refractivity contribution is 8.00. The van der Waals surface area contributed by atoms with Crippen LogP contribution in [-0.4, -0.2) is 25.9 Å². The molecule has 0 radical (unpaired) electrons. The lowest BCUT2D eigenvalue weighted by Gasteiger charge is -2.11. The Bertz CT molecular complexity index is 355. The number of methoxy groups -OCH3 is 1. The number of benzene rings is 1. The molecule has 1 N–H and O–H groups in total. The monoisotopic (exact) mass is 239 g/mol.